The van der Waals surface area contributed by atoms with E-state index in [-0.39, 0.29) is 24.3 Å². The Morgan fingerprint density at radius 1 is 1.20 bits per heavy atom. The number of fused-ring (bicyclic) bond motifs is 1. The zero-order valence-corrected chi connectivity index (χ0v) is 14.0. The largest absolute Gasteiger partial charge is 0.311 e. The summed E-state index contributed by atoms with van der Waals surface area (Å²) in [6.45, 7) is 0.830. The molecule has 130 valence electrons. The van der Waals surface area contributed by atoms with Crippen molar-refractivity contribution in [2.24, 2.45) is 5.92 Å². The second-order valence-electron chi connectivity index (χ2n) is 6.70. The Bertz CT molecular complexity index is 796. The van der Waals surface area contributed by atoms with Crippen LogP contribution in [0.25, 0.3) is 0 Å². The molecule has 2 amide bonds. The van der Waals surface area contributed by atoms with Gasteiger partial charge in [-0.3, -0.25) is 9.59 Å². The van der Waals surface area contributed by atoms with Crippen LogP contribution in [0.1, 0.15) is 31.2 Å². The number of carbonyl (C=O) groups excluding carboxylic acids is 2. The van der Waals surface area contributed by atoms with Crippen molar-refractivity contribution < 1.29 is 9.59 Å². The van der Waals surface area contributed by atoms with Crippen LogP contribution in [-0.2, 0) is 22.6 Å². The van der Waals surface area contributed by atoms with Gasteiger partial charge in [0.2, 0.25) is 11.8 Å². The monoisotopic (exact) mass is 339 g/mol. The molecule has 4 rings (SSSR count). The Morgan fingerprint density at radius 2 is 2.04 bits per heavy atom. The Kier molecular flexibility index (Phi) is 4.21. The van der Waals surface area contributed by atoms with E-state index in [2.05, 4.69) is 21.7 Å². The van der Waals surface area contributed by atoms with Crippen molar-refractivity contribution in [2.75, 3.05) is 16.8 Å². The molecule has 1 aliphatic heterocycles. The van der Waals surface area contributed by atoms with E-state index in [0.29, 0.717) is 5.82 Å². The van der Waals surface area contributed by atoms with E-state index in [1.54, 1.807) is 6.20 Å². The van der Waals surface area contributed by atoms with Crippen LogP contribution in [0.3, 0.4) is 0 Å². The highest BCUT2D eigenvalue weighted by Crippen LogP contribution is 2.28. The van der Waals surface area contributed by atoms with Gasteiger partial charge in [-0.15, -0.1) is 5.10 Å². The molecule has 1 aromatic heterocycles. The molecule has 1 saturated carbocycles. The maximum Gasteiger partial charge on any atom is 0.248 e. The van der Waals surface area contributed by atoms with Gasteiger partial charge in [-0.25, -0.2) is 4.68 Å². The number of benzene rings is 1. The van der Waals surface area contributed by atoms with E-state index in [0.717, 1.165) is 44.3 Å². The van der Waals surface area contributed by atoms with Gasteiger partial charge in [-0.2, -0.15) is 0 Å². The highest BCUT2D eigenvalue weighted by molar-refractivity contribution is 5.94. The van der Waals surface area contributed by atoms with Crippen LogP contribution >= 0.6 is 0 Å². The van der Waals surface area contributed by atoms with Crippen LogP contribution in [0.15, 0.2) is 30.5 Å². The fraction of sp³-hybridized carbons (Fsp3) is 0.444. The average Bonchev–Trinajstić information content (AvgIpc) is 2.99. The molecule has 2 aliphatic rings. The number of amides is 2. The molecule has 1 aromatic carbocycles. The molecule has 2 heterocycles. The van der Waals surface area contributed by atoms with Crippen molar-refractivity contribution in [3.05, 3.63) is 36.0 Å². The first-order valence-corrected chi connectivity index (χ1v) is 8.80. The summed E-state index contributed by atoms with van der Waals surface area (Å²) in [6, 6.07) is 8.01. The number of hydrogen-bond acceptors (Lipinski definition) is 4. The quantitative estimate of drug-likeness (QED) is 0.924. The highest BCUT2D eigenvalue weighted by Gasteiger charge is 2.26. The summed E-state index contributed by atoms with van der Waals surface area (Å²) in [4.78, 5) is 26.4. The molecule has 1 N–H and O–H groups in total. The third kappa shape index (κ3) is 3.26. The molecule has 0 bridgehead atoms. The molecule has 7 heteroatoms. The maximum atomic E-state index is 12.7. The lowest BCUT2D eigenvalue weighted by Gasteiger charge is -2.29. The molecule has 1 fully saturated rings. The third-order valence-corrected chi connectivity index (χ3v) is 4.97. The van der Waals surface area contributed by atoms with Gasteiger partial charge in [0, 0.05) is 18.2 Å². The zero-order chi connectivity index (χ0) is 17.2. The summed E-state index contributed by atoms with van der Waals surface area (Å²) < 4.78 is 1.48. The topological polar surface area (TPSA) is 80.1 Å². The molecule has 0 radical (unpaired) electrons. The van der Waals surface area contributed by atoms with Crippen LogP contribution in [0.2, 0.25) is 0 Å². The van der Waals surface area contributed by atoms with Crippen LogP contribution in [-0.4, -0.2) is 33.4 Å². The van der Waals surface area contributed by atoms with Crippen molar-refractivity contribution in [2.45, 2.75) is 38.6 Å². The van der Waals surface area contributed by atoms with Crippen molar-refractivity contribution >= 4 is 23.3 Å². The predicted octanol–water partition coefficient (Wildman–Crippen LogP) is 2.00. The van der Waals surface area contributed by atoms with Crippen LogP contribution in [0, 0.1) is 5.92 Å². The second kappa shape index (κ2) is 6.66. The smallest absolute Gasteiger partial charge is 0.248 e. The Hall–Kier alpha value is -2.70. The standard InChI is InChI=1S/C18H21N5O2/c24-17(23-10-4-8-13-5-1-2-9-15(13)23)12-22-11-16(20-21-22)19-18(25)14-6-3-7-14/h1-2,5,9,11,14H,3-4,6-8,10,12H2,(H,19,25). The van der Waals surface area contributed by atoms with E-state index < -0.39 is 0 Å². The maximum absolute atomic E-state index is 12.7. The fourth-order valence-electron chi connectivity index (χ4n) is 3.35. The molecule has 1 aliphatic carbocycles. The van der Waals surface area contributed by atoms with Gasteiger partial charge in [0.15, 0.2) is 5.82 Å². The first-order chi connectivity index (χ1) is 12.2. The van der Waals surface area contributed by atoms with Crippen LogP contribution in [0.4, 0.5) is 11.5 Å². The predicted molar refractivity (Wildman–Crippen MR) is 93.1 cm³/mol. The lowest BCUT2D eigenvalue weighted by molar-refractivity contribution is -0.122. The molecule has 0 spiro atoms. The van der Waals surface area contributed by atoms with Gasteiger partial charge in [-0.05, 0) is 37.3 Å². The van der Waals surface area contributed by atoms with Gasteiger partial charge in [0.25, 0.3) is 0 Å². The summed E-state index contributed by atoms with van der Waals surface area (Å²) in [5, 5.41) is 10.7. The minimum absolute atomic E-state index is 0.00501. The number of rotatable bonds is 4. The van der Waals surface area contributed by atoms with Crippen molar-refractivity contribution in [3.8, 4) is 0 Å². The molecule has 0 saturated heterocycles. The molecule has 7 nitrogen and oxygen atoms in total. The molecule has 25 heavy (non-hydrogen) atoms. The summed E-state index contributed by atoms with van der Waals surface area (Å²) in [5.74, 6) is 0.476. The molecule has 0 atom stereocenters. The van der Waals surface area contributed by atoms with Crippen molar-refractivity contribution in [3.63, 3.8) is 0 Å². The SMILES string of the molecule is O=C(Nc1cn(CC(=O)N2CCCc3ccccc32)nn1)C1CCC1. The Morgan fingerprint density at radius 3 is 2.84 bits per heavy atom. The average molecular weight is 339 g/mol. The minimum Gasteiger partial charge on any atom is -0.311 e. The van der Waals surface area contributed by atoms with E-state index in [1.165, 1.54) is 10.2 Å². The van der Waals surface area contributed by atoms with Crippen molar-refractivity contribution in [1.82, 2.24) is 15.0 Å². The van der Waals surface area contributed by atoms with Gasteiger partial charge in [-0.1, -0.05) is 29.8 Å². The minimum atomic E-state index is -0.0195. The molecule has 0 unspecified atom stereocenters. The van der Waals surface area contributed by atoms with E-state index in [1.807, 2.05) is 23.1 Å². The molecule has 2 aromatic rings. The van der Waals surface area contributed by atoms with Gasteiger partial charge in [0.05, 0.1) is 6.20 Å². The number of aryl methyl sites for hydroxylation is 1. The van der Waals surface area contributed by atoms with Gasteiger partial charge < -0.3 is 10.2 Å². The number of anilines is 2. The van der Waals surface area contributed by atoms with Gasteiger partial charge in [0.1, 0.15) is 6.54 Å². The van der Waals surface area contributed by atoms with Crippen LogP contribution in [0.5, 0.6) is 0 Å². The van der Waals surface area contributed by atoms with Crippen LogP contribution < -0.4 is 10.2 Å². The van der Waals surface area contributed by atoms with Gasteiger partial charge >= 0.3 is 0 Å². The lowest BCUT2D eigenvalue weighted by atomic mass is 9.85. The summed E-state index contributed by atoms with van der Waals surface area (Å²) in [5.41, 5.74) is 2.19. The van der Waals surface area contributed by atoms with E-state index in [9.17, 15) is 9.59 Å². The summed E-state index contributed by atoms with van der Waals surface area (Å²) >= 11 is 0. The second-order valence-corrected chi connectivity index (χ2v) is 6.70. The lowest BCUT2D eigenvalue weighted by Crippen LogP contribution is -2.37. The Balaban J connectivity index is 1.41. The first-order valence-electron chi connectivity index (χ1n) is 8.80. The fourth-order valence-corrected chi connectivity index (χ4v) is 3.35. The number of para-hydroxylation sites is 1. The normalized spacial score (nSPS) is 16.9. The molecular formula is C18H21N5O2. The zero-order valence-electron chi connectivity index (χ0n) is 14.0. The number of aromatic nitrogens is 3. The number of nitrogens with zero attached hydrogens (tertiary/aromatic N) is 4. The van der Waals surface area contributed by atoms with E-state index in [4.69, 9.17) is 0 Å². The Labute approximate surface area is 146 Å². The number of carbonyl (C=O) groups is 2. The first kappa shape index (κ1) is 15.8. The molecular weight excluding hydrogens is 318 g/mol. The highest BCUT2D eigenvalue weighted by atomic mass is 16.2. The summed E-state index contributed by atoms with van der Waals surface area (Å²) in [6.07, 6.45) is 6.56. The third-order valence-electron chi connectivity index (χ3n) is 4.97. The van der Waals surface area contributed by atoms with E-state index >= 15 is 0 Å². The van der Waals surface area contributed by atoms with Crippen molar-refractivity contribution in [1.29, 1.82) is 0 Å². The summed E-state index contributed by atoms with van der Waals surface area (Å²) in [7, 11) is 0. The number of nitrogens with one attached hydrogen (secondary N) is 1. The number of hydrogen-bond donors (Lipinski definition) is 1.